The molecule has 0 unspecified atom stereocenters. The van der Waals surface area contributed by atoms with Crippen molar-refractivity contribution in [2.45, 2.75) is 92.3 Å². The Kier molecular flexibility index (Phi) is 40.7. The van der Waals surface area contributed by atoms with Gasteiger partial charge in [-0.15, -0.1) is 12.4 Å². The van der Waals surface area contributed by atoms with Crippen molar-refractivity contribution in [3.05, 3.63) is 333 Å². The number of amides is 3. The van der Waals surface area contributed by atoms with Crippen LogP contribution < -0.4 is 73.9 Å². The Balaban J connectivity index is 0.000000217. The van der Waals surface area contributed by atoms with Crippen LogP contribution in [0.15, 0.2) is 247 Å². The number of esters is 3. The van der Waals surface area contributed by atoms with Crippen molar-refractivity contribution in [3.8, 4) is 22.3 Å². The standard InChI is InChI=1S/C26H25N3O3.C24H21N3O3.C19H17BrN2O3.C10H13NO2.C9H6BrNO2.C7H10BNO2.ClH.Na.H2O/c1-2-32-25(30)13-19-7-3-4-9-24(19)29-26(31)20-11-21-15-28-16-23(21)22(12-20)18-8-5-6-17(10-18)14-27;25-12-15-4-3-6-16(8-15)20-10-18(9-19-13-26-14-21(19)20)24(30)27-22-7-2-1-5-17(22)11-23(28)29;1-2-25-18(23)9-12-5-3-4-6-17(12)22-19(24)13-7-14-10-21-11-15(14)16(20)8-13;1-2-13-10(12)7-8-5-3-4-6-9(8)11;10-8-2-5(9(12)13)1-6-3-11-4-7(6)8;9-5-6-2-1-3-7(4-6)8(10)11;;;/h3-12,16H,2,13-15,27H2,1H3,(H,29,31);1-10,14H,11-13,25H2,(H,27,30)(H,28,29);3-8,11H,2,9-10H2,1H3,(H,22,24);3-6H,2,7,11H2,1H3;1-2,4H,3H2,(H,12,13);1-4,10-11H,5,9H2;1H;;1H2/q;;;;;;;+1;/p-1. The van der Waals surface area contributed by atoms with E-state index in [4.69, 9.17) is 57.4 Å². The number of nitrogens with zero attached hydrogens (tertiary/aromatic N) is 4. The summed E-state index contributed by atoms with van der Waals surface area (Å²) in [6, 6.07) is 65.8. The van der Waals surface area contributed by atoms with Crippen LogP contribution in [-0.4, -0.2) is 125 Å². The second kappa shape index (κ2) is 50.8. The second-order valence-corrected chi connectivity index (χ2v) is 29.8. The molecule has 0 atom stereocenters. The molecule has 0 saturated carbocycles. The van der Waals surface area contributed by atoms with Crippen molar-refractivity contribution in [2.75, 3.05) is 41.5 Å². The summed E-state index contributed by atoms with van der Waals surface area (Å²) in [5.74, 6) is -3.51. The maximum absolute atomic E-state index is 13.2. The number of nitrogens with two attached hydrogens (primary N) is 4. The first-order chi connectivity index (χ1) is 59.9. The summed E-state index contributed by atoms with van der Waals surface area (Å²) in [7, 11) is -1.40. The van der Waals surface area contributed by atoms with E-state index in [1.165, 1.54) is 0 Å². The third-order valence-corrected chi connectivity index (χ3v) is 20.8. The number of carbonyl (C=O) groups is 8. The van der Waals surface area contributed by atoms with Gasteiger partial charge >= 0.3 is 66.5 Å². The molecule has 0 fully saturated rings. The molecule has 32 heteroatoms. The largest absolute Gasteiger partial charge is 1.00 e. The number of aliphatic imine (C=N–C) groups is 4. The predicted octanol–water partition coefficient (Wildman–Crippen LogP) is 11.0. The van der Waals surface area contributed by atoms with Crippen molar-refractivity contribution in [2.24, 2.45) is 37.2 Å². The summed E-state index contributed by atoms with van der Waals surface area (Å²) in [5, 5.41) is 44.1. The van der Waals surface area contributed by atoms with Crippen LogP contribution in [0, 0.1) is 0 Å². The zero-order valence-corrected chi connectivity index (χ0v) is 76.0. The number of anilines is 4. The number of carboxylic acid groups (broad SMARTS) is 2. The van der Waals surface area contributed by atoms with Crippen LogP contribution in [0.5, 0.6) is 0 Å². The van der Waals surface area contributed by atoms with E-state index in [1.54, 1.807) is 118 Å². The van der Waals surface area contributed by atoms with Crippen molar-refractivity contribution < 1.29 is 108 Å². The molecule has 16 N–H and O–H groups in total. The maximum Gasteiger partial charge on any atom is 1.00 e. The smallest absolute Gasteiger partial charge is 0.870 e. The quantitative estimate of drug-likeness (QED) is 0.0116. The molecule has 27 nitrogen and oxygen atoms in total. The Hall–Kier alpha value is -12.3. The number of aliphatic carboxylic acids is 1. The van der Waals surface area contributed by atoms with Crippen LogP contribution >= 0.6 is 44.3 Å². The molecular weight excluding hydrogens is 1780 g/mol. The van der Waals surface area contributed by atoms with Gasteiger partial charge < -0.3 is 78.8 Å². The summed E-state index contributed by atoms with van der Waals surface area (Å²) >= 11 is 6.80. The zero-order valence-electron chi connectivity index (χ0n) is 70.1. The second-order valence-electron chi connectivity index (χ2n) is 28.1. The molecule has 0 spiro atoms. The first-order valence-electron chi connectivity index (χ1n) is 39.5. The van der Waals surface area contributed by atoms with E-state index < -0.39 is 19.1 Å². The van der Waals surface area contributed by atoms with Gasteiger partial charge in [-0.2, -0.15) is 0 Å². The van der Waals surface area contributed by atoms with Crippen LogP contribution in [0.3, 0.4) is 0 Å². The summed E-state index contributed by atoms with van der Waals surface area (Å²) in [6.45, 7) is 9.89. The van der Waals surface area contributed by atoms with Gasteiger partial charge in [-0.25, -0.2) is 4.79 Å². The van der Waals surface area contributed by atoms with Gasteiger partial charge in [0.25, 0.3) is 17.7 Å². The molecule has 127 heavy (non-hydrogen) atoms. The van der Waals surface area contributed by atoms with Gasteiger partial charge in [0, 0.05) is 115 Å². The molecule has 3 amide bonds. The van der Waals surface area contributed by atoms with Crippen LogP contribution in [0.1, 0.15) is 146 Å². The number of halogens is 3. The van der Waals surface area contributed by atoms with Crippen molar-refractivity contribution in [1.82, 2.24) is 0 Å². The zero-order chi connectivity index (χ0) is 88.8. The minimum Gasteiger partial charge on any atom is -0.870 e. The van der Waals surface area contributed by atoms with Gasteiger partial charge in [0.15, 0.2) is 0 Å². The topological polar surface area (TPSA) is 465 Å². The van der Waals surface area contributed by atoms with Gasteiger partial charge in [-0.05, 0) is 195 Å². The van der Waals surface area contributed by atoms with Crippen molar-refractivity contribution in [3.63, 3.8) is 0 Å². The molecule has 0 aliphatic carbocycles. The molecule has 0 bridgehead atoms. The van der Waals surface area contributed by atoms with Crippen molar-refractivity contribution in [1.29, 1.82) is 0 Å². The van der Waals surface area contributed by atoms with Crippen LogP contribution in [0.4, 0.5) is 22.7 Å². The van der Waals surface area contributed by atoms with Gasteiger partial charge in [-0.1, -0.05) is 165 Å². The molecular formula is C95H94BBr2ClN11NaO16. The Labute approximate surface area is 780 Å². The molecule has 11 aromatic rings. The minimum absolute atomic E-state index is 0. The molecule has 0 radical (unpaired) electrons. The average Bonchev–Trinajstić information content (AvgIpc) is 1.73. The molecule has 0 saturated heterocycles. The Morgan fingerprint density at radius 2 is 0.724 bits per heavy atom. The number of para-hydroxylation sites is 4. The van der Waals surface area contributed by atoms with Gasteiger partial charge in [0.05, 0.1) is 77.2 Å². The number of fused-ring (bicyclic) bond motifs is 4. The molecule has 11 aromatic carbocycles. The number of ether oxygens (including phenoxy) is 3. The molecule has 4 aliphatic heterocycles. The maximum atomic E-state index is 13.2. The van der Waals surface area contributed by atoms with E-state index in [1.807, 2.05) is 146 Å². The molecule has 15 rings (SSSR count). The number of benzene rings is 11. The number of hydrogen-bond acceptors (Lipinski definition) is 22. The summed E-state index contributed by atoms with van der Waals surface area (Å²) in [4.78, 5) is 113. The number of hydrogen-bond donors (Lipinski definition) is 11. The molecule has 4 aliphatic rings. The van der Waals surface area contributed by atoms with E-state index in [0.29, 0.717) is 127 Å². The van der Waals surface area contributed by atoms with Gasteiger partial charge in [0.1, 0.15) is 0 Å². The van der Waals surface area contributed by atoms with E-state index in [0.717, 1.165) is 104 Å². The normalized spacial score (nSPS) is 11.3. The first-order valence-corrected chi connectivity index (χ1v) is 41.1. The Morgan fingerprint density at radius 3 is 1.09 bits per heavy atom. The van der Waals surface area contributed by atoms with E-state index in [9.17, 15) is 38.4 Å². The van der Waals surface area contributed by atoms with E-state index in [2.05, 4.69) is 67.8 Å². The molecule has 0 aromatic heterocycles. The number of rotatable bonds is 24. The third-order valence-electron chi connectivity index (χ3n) is 19.5. The monoisotopic (exact) mass is 1870 g/mol. The number of aromatic carboxylic acids is 1. The first kappa shape index (κ1) is 102. The third kappa shape index (κ3) is 29.1. The SMILES string of the molecule is CCOC(=O)Cc1ccccc1N.CCOC(=O)Cc1ccccc1NC(=O)c1cc(Br)c2c(c1)CN=C2.CCOC(=O)Cc1ccccc1NC(=O)c1cc2c(c(-c3cccc(CN)c3)c1)C=NC2.Cl.NCc1cccc(-c2cc(C(=O)Nc3ccccc3CC(=O)O)cc3c2C=NC3)c1.NCc1cccc(B(O)O)c1.O=C(O)c1cc(Br)c2c(c1)CN=C2.[Na+].[OH-]. The average molecular weight is 1870 g/mol. The number of nitrogens with one attached hydrogen (secondary N) is 3. The van der Waals surface area contributed by atoms with E-state index >= 15 is 0 Å². The predicted molar refractivity (Wildman–Crippen MR) is 500 cm³/mol. The number of carbonyl (C=O) groups excluding carboxylic acids is 6. The van der Waals surface area contributed by atoms with Gasteiger partial charge in [-0.3, -0.25) is 53.5 Å². The number of nitrogen functional groups attached to an aromatic ring is 1. The van der Waals surface area contributed by atoms with E-state index in [-0.39, 0.29) is 109 Å². The van der Waals surface area contributed by atoms with Crippen LogP contribution in [0.2, 0.25) is 0 Å². The van der Waals surface area contributed by atoms with Crippen LogP contribution in [0.25, 0.3) is 22.3 Å². The minimum atomic E-state index is -1.40. The fraction of sp³-hybridized carbons (Fsp3) is 0.179. The fourth-order valence-electron chi connectivity index (χ4n) is 13.4. The molecule has 4 heterocycles. The summed E-state index contributed by atoms with van der Waals surface area (Å²) < 4.78 is 16.5. The van der Waals surface area contributed by atoms with Crippen molar-refractivity contribution >= 4 is 152 Å². The summed E-state index contributed by atoms with van der Waals surface area (Å²) in [5.41, 5.74) is 44.9. The fourth-order valence-corrected chi connectivity index (χ4v) is 14.6. The summed E-state index contributed by atoms with van der Waals surface area (Å²) in [6.07, 6.45) is 7.55. The van der Waals surface area contributed by atoms with Gasteiger partial charge in [0.2, 0.25) is 0 Å². The number of carboxylic acids is 2. The Morgan fingerprint density at radius 1 is 0.402 bits per heavy atom. The van der Waals surface area contributed by atoms with Crippen LogP contribution in [-0.2, 0) is 105 Å². The Bertz CT molecular complexity index is 5920. The molecule has 650 valence electrons.